The minimum atomic E-state index is -1.21. The molecule has 0 bridgehead atoms. The monoisotopic (exact) mass is 517 g/mol. The van der Waals surface area contributed by atoms with Gasteiger partial charge < -0.3 is 14.7 Å². The standard InChI is InChI=1S/C27H29Cl2NO5/c1-3-35-25(33)24(17-7-8-17)30-23(16-9-11-19(28)12-10-16)21(18-5-4-6-20(29)13-18)14-27(2,26(30)34)15-22(31)32/h4-6,9-13,17,21,23-24H,3,7-8,14-15H2,1-2H3,(H,31,32)/t21?,23?,24-,27+/m0/s1. The Bertz CT molecular complexity index is 1120. The van der Waals surface area contributed by atoms with E-state index >= 15 is 0 Å². The van der Waals surface area contributed by atoms with Crippen LogP contribution in [0.3, 0.4) is 0 Å². The molecule has 1 saturated heterocycles. The quantitative estimate of drug-likeness (QED) is 0.442. The molecular weight excluding hydrogens is 489 g/mol. The number of rotatable bonds is 8. The maximum atomic E-state index is 14.2. The summed E-state index contributed by atoms with van der Waals surface area (Å²) in [4.78, 5) is 40.9. The number of piperidine rings is 1. The number of carboxylic acids is 1. The van der Waals surface area contributed by atoms with E-state index in [-0.39, 0.29) is 30.8 Å². The van der Waals surface area contributed by atoms with Crippen LogP contribution in [0, 0.1) is 11.3 Å². The van der Waals surface area contributed by atoms with E-state index < -0.39 is 29.4 Å². The molecule has 0 radical (unpaired) electrons. The molecule has 2 aromatic rings. The van der Waals surface area contributed by atoms with Gasteiger partial charge in [-0.15, -0.1) is 0 Å². The lowest BCUT2D eigenvalue weighted by Gasteiger charge is -2.51. The average Bonchev–Trinajstić information content (AvgIpc) is 3.62. The van der Waals surface area contributed by atoms with E-state index in [0.29, 0.717) is 16.5 Å². The Morgan fingerprint density at radius 3 is 2.37 bits per heavy atom. The number of benzene rings is 2. The summed E-state index contributed by atoms with van der Waals surface area (Å²) in [6.45, 7) is 3.61. The third kappa shape index (κ3) is 5.34. The van der Waals surface area contributed by atoms with Crippen LogP contribution in [-0.4, -0.2) is 40.5 Å². The first-order chi connectivity index (χ1) is 16.6. The van der Waals surface area contributed by atoms with Gasteiger partial charge in [0, 0.05) is 16.0 Å². The summed E-state index contributed by atoms with van der Waals surface area (Å²) in [5.74, 6) is -2.18. The summed E-state index contributed by atoms with van der Waals surface area (Å²) in [6, 6.07) is 13.3. The summed E-state index contributed by atoms with van der Waals surface area (Å²) in [6.07, 6.45) is 1.56. The Hall–Kier alpha value is -2.57. The van der Waals surface area contributed by atoms with E-state index in [9.17, 15) is 19.5 Å². The molecule has 1 saturated carbocycles. The molecule has 2 fully saturated rings. The SMILES string of the molecule is CCOC(=O)[C@H](C1CC1)N1C(=O)[C@@](C)(CC(=O)O)CC(c2cccc(Cl)c2)C1c1ccc(Cl)cc1. The molecule has 1 aliphatic heterocycles. The van der Waals surface area contributed by atoms with Gasteiger partial charge in [0.05, 0.1) is 24.5 Å². The molecule has 186 valence electrons. The van der Waals surface area contributed by atoms with E-state index in [1.165, 1.54) is 0 Å². The van der Waals surface area contributed by atoms with Gasteiger partial charge in [0.25, 0.3) is 0 Å². The van der Waals surface area contributed by atoms with Crippen molar-refractivity contribution in [1.82, 2.24) is 4.90 Å². The van der Waals surface area contributed by atoms with Crippen molar-refractivity contribution < 1.29 is 24.2 Å². The first-order valence-corrected chi connectivity index (χ1v) is 12.6. The second kappa shape index (κ2) is 10.2. The zero-order valence-corrected chi connectivity index (χ0v) is 21.3. The van der Waals surface area contributed by atoms with Crippen LogP contribution >= 0.6 is 23.2 Å². The molecule has 35 heavy (non-hydrogen) atoms. The number of halogens is 2. The Morgan fingerprint density at radius 1 is 1.11 bits per heavy atom. The lowest BCUT2D eigenvalue weighted by atomic mass is 9.67. The number of ether oxygens (including phenoxy) is 1. The number of aliphatic carboxylic acids is 1. The highest BCUT2D eigenvalue weighted by atomic mass is 35.5. The van der Waals surface area contributed by atoms with Gasteiger partial charge in [-0.3, -0.25) is 9.59 Å². The van der Waals surface area contributed by atoms with Crippen LogP contribution in [0.15, 0.2) is 48.5 Å². The summed E-state index contributed by atoms with van der Waals surface area (Å²) in [5, 5.41) is 10.8. The smallest absolute Gasteiger partial charge is 0.329 e. The zero-order valence-electron chi connectivity index (χ0n) is 19.7. The van der Waals surface area contributed by atoms with Gasteiger partial charge in [-0.1, -0.05) is 54.4 Å². The van der Waals surface area contributed by atoms with Crippen LogP contribution in [-0.2, 0) is 19.1 Å². The zero-order chi connectivity index (χ0) is 25.3. The Balaban J connectivity index is 1.92. The summed E-state index contributed by atoms with van der Waals surface area (Å²) in [7, 11) is 0. The number of hydrogen-bond donors (Lipinski definition) is 1. The molecule has 2 unspecified atom stereocenters. The van der Waals surface area contributed by atoms with Crippen molar-refractivity contribution in [3.8, 4) is 0 Å². The largest absolute Gasteiger partial charge is 0.481 e. The molecule has 4 atom stereocenters. The molecule has 4 rings (SSSR count). The van der Waals surface area contributed by atoms with Gasteiger partial charge in [-0.05, 0) is 67.5 Å². The lowest BCUT2D eigenvalue weighted by molar-refractivity contribution is -0.170. The molecule has 1 aliphatic carbocycles. The van der Waals surface area contributed by atoms with Gasteiger partial charge in [0.15, 0.2) is 0 Å². The number of hydrogen-bond acceptors (Lipinski definition) is 4. The summed E-state index contributed by atoms with van der Waals surface area (Å²) in [5.41, 5.74) is 0.492. The van der Waals surface area contributed by atoms with E-state index in [0.717, 1.165) is 24.0 Å². The second-order valence-electron chi connectivity index (χ2n) is 9.74. The lowest BCUT2D eigenvalue weighted by Crippen LogP contribution is -2.59. The predicted octanol–water partition coefficient (Wildman–Crippen LogP) is 5.87. The van der Waals surface area contributed by atoms with E-state index in [1.807, 2.05) is 30.3 Å². The molecule has 0 aromatic heterocycles. The van der Waals surface area contributed by atoms with Gasteiger partial charge in [-0.2, -0.15) is 0 Å². The van der Waals surface area contributed by atoms with E-state index in [1.54, 1.807) is 36.9 Å². The first-order valence-electron chi connectivity index (χ1n) is 11.9. The first kappa shape index (κ1) is 25.5. The summed E-state index contributed by atoms with van der Waals surface area (Å²) >= 11 is 12.5. The van der Waals surface area contributed by atoms with Crippen molar-refractivity contribution in [2.75, 3.05) is 6.61 Å². The minimum absolute atomic E-state index is 0.0278. The molecule has 6 nitrogen and oxygen atoms in total. The normalized spacial score (nSPS) is 25.3. The Morgan fingerprint density at radius 2 is 1.80 bits per heavy atom. The molecule has 1 N–H and O–H groups in total. The highest BCUT2D eigenvalue weighted by Gasteiger charge is 2.56. The van der Waals surface area contributed by atoms with Crippen molar-refractivity contribution in [3.63, 3.8) is 0 Å². The Kier molecular flexibility index (Phi) is 7.43. The van der Waals surface area contributed by atoms with Gasteiger partial charge in [-0.25, -0.2) is 4.79 Å². The van der Waals surface area contributed by atoms with Crippen LogP contribution < -0.4 is 0 Å². The molecule has 1 heterocycles. The predicted molar refractivity (Wildman–Crippen MR) is 133 cm³/mol. The maximum Gasteiger partial charge on any atom is 0.329 e. The number of carbonyl (C=O) groups excluding carboxylic acids is 2. The van der Waals surface area contributed by atoms with Gasteiger partial charge >= 0.3 is 11.9 Å². The average molecular weight is 518 g/mol. The van der Waals surface area contributed by atoms with Crippen LogP contribution in [0.25, 0.3) is 0 Å². The fourth-order valence-electron chi connectivity index (χ4n) is 5.36. The number of carboxylic acid groups (broad SMARTS) is 1. The third-order valence-electron chi connectivity index (χ3n) is 7.03. The number of esters is 1. The van der Waals surface area contributed by atoms with Crippen molar-refractivity contribution in [3.05, 3.63) is 69.7 Å². The second-order valence-corrected chi connectivity index (χ2v) is 10.6. The molecule has 1 amide bonds. The highest BCUT2D eigenvalue weighted by molar-refractivity contribution is 6.30. The highest BCUT2D eigenvalue weighted by Crippen LogP contribution is 2.54. The van der Waals surface area contributed by atoms with Crippen molar-refractivity contribution in [1.29, 1.82) is 0 Å². The fraction of sp³-hybridized carbons (Fsp3) is 0.444. The van der Waals surface area contributed by atoms with Crippen molar-refractivity contribution >= 4 is 41.0 Å². The maximum absolute atomic E-state index is 14.2. The molecule has 8 heteroatoms. The topological polar surface area (TPSA) is 83.9 Å². The summed E-state index contributed by atoms with van der Waals surface area (Å²) < 4.78 is 5.43. The fourth-order valence-corrected chi connectivity index (χ4v) is 5.68. The number of carbonyl (C=O) groups is 3. The third-order valence-corrected chi connectivity index (χ3v) is 7.52. The van der Waals surface area contributed by atoms with Gasteiger partial charge in [0.1, 0.15) is 6.04 Å². The van der Waals surface area contributed by atoms with Crippen LogP contribution in [0.2, 0.25) is 10.0 Å². The Labute approximate surface area is 215 Å². The number of nitrogens with zero attached hydrogens (tertiary/aromatic N) is 1. The van der Waals surface area contributed by atoms with Crippen LogP contribution in [0.4, 0.5) is 0 Å². The van der Waals surface area contributed by atoms with Crippen molar-refractivity contribution in [2.24, 2.45) is 11.3 Å². The van der Waals surface area contributed by atoms with Gasteiger partial charge in [0.2, 0.25) is 5.91 Å². The molecule has 2 aromatic carbocycles. The molecular formula is C27H29Cl2NO5. The molecule has 0 spiro atoms. The molecule has 2 aliphatic rings. The number of likely N-dealkylation sites (tertiary alicyclic amines) is 1. The number of amides is 1. The minimum Gasteiger partial charge on any atom is -0.481 e. The van der Waals surface area contributed by atoms with E-state index in [2.05, 4.69) is 0 Å². The van der Waals surface area contributed by atoms with Crippen molar-refractivity contribution in [2.45, 2.75) is 57.5 Å². The van der Waals surface area contributed by atoms with Crippen LogP contribution in [0.5, 0.6) is 0 Å². The van der Waals surface area contributed by atoms with E-state index in [4.69, 9.17) is 27.9 Å². The van der Waals surface area contributed by atoms with Crippen LogP contribution in [0.1, 0.15) is 62.6 Å².